The van der Waals surface area contributed by atoms with Gasteiger partial charge in [0.25, 0.3) is 0 Å². The maximum Gasteiger partial charge on any atom is 0.105 e. The van der Waals surface area contributed by atoms with E-state index < -0.39 is 0 Å². The molecule has 0 saturated carbocycles. The van der Waals surface area contributed by atoms with Crippen molar-refractivity contribution in [2.45, 2.75) is 99.7 Å². The fourth-order valence-electron chi connectivity index (χ4n) is 2.81. The Hall–Kier alpha value is 0.0649. The van der Waals surface area contributed by atoms with Gasteiger partial charge in [0.2, 0.25) is 0 Å². The van der Waals surface area contributed by atoms with Crippen molar-refractivity contribution in [1.29, 1.82) is 0 Å². The Morgan fingerprint density at radius 1 is 0.842 bits per heavy atom. The van der Waals surface area contributed by atoms with Crippen molar-refractivity contribution < 1.29 is 0 Å². The fraction of sp³-hybridized carbons (Fsp3) is 1.00. The van der Waals surface area contributed by atoms with E-state index in [-0.39, 0.29) is 0 Å². The van der Waals surface area contributed by atoms with Crippen molar-refractivity contribution in [3.05, 3.63) is 0 Å². The Kier molecular flexibility index (Phi) is 7.21. The fourth-order valence-corrected chi connectivity index (χ4v) is 2.81. The minimum Gasteiger partial charge on any atom is -0.0720 e. The summed E-state index contributed by atoms with van der Waals surface area (Å²) in [7, 11) is 2.38. The lowest BCUT2D eigenvalue weighted by molar-refractivity contribution is 0.166. The summed E-state index contributed by atoms with van der Waals surface area (Å²) >= 11 is 0. The molecule has 0 rings (SSSR count). The standard InChI is InChI=1S/C18H39B/c1-9-17(6,7)11-13-18(8,14-15(2)19)12-10-16(3,4)5/h15H,9-14,19H2,1-8H3. The Morgan fingerprint density at radius 2 is 1.32 bits per heavy atom. The predicted octanol–water partition coefficient (Wildman–Crippen LogP) is 5.87. The lowest BCUT2D eigenvalue weighted by Gasteiger charge is -2.37. The molecule has 0 aliphatic carbocycles. The van der Waals surface area contributed by atoms with Gasteiger partial charge in [0.1, 0.15) is 7.85 Å². The van der Waals surface area contributed by atoms with Crippen molar-refractivity contribution in [2.24, 2.45) is 16.2 Å². The zero-order valence-corrected chi connectivity index (χ0v) is 15.3. The minimum absolute atomic E-state index is 0.471. The molecule has 0 aromatic carbocycles. The Balaban J connectivity index is 4.59. The van der Waals surface area contributed by atoms with E-state index in [0.717, 1.165) is 5.82 Å². The molecule has 0 aromatic rings. The van der Waals surface area contributed by atoms with E-state index in [1.165, 1.54) is 38.5 Å². The normalized spacial score (nSPS) is 18.1. The van der Waals surface area contributed by atoms with Crippen molar-refractivity contribution >= 4 is 7.85 Å². The first-order valence-electron chi connectivity index (χ1n) is 8.39. The van der Waals surface area contributed by atoms with Crippen LogP contribution in [0, 0.1) is 16.2 Å². The van der Waals surface area contributed by atoms with Gasteiger partial charge in [-0.25, -0.2) is 0 Å². The largest absolute Gasteiger partial charge is 0.105 e. The molecule has 0 aromatic heterocycles. The first-order chi connectivity index (χ1) is 8.39. The highest BCUT2D eigenvalue weighted by molar-refractivity contribution is 6.11. The van der Waals surface area contributed by atoms with Gasteiger partial charge in [-0.15, -0.1) is 0 Å². The monoisotopic (exact) mass is 266 g/mol. The van der Waals surface area contributed by atoms with Gasteiger partial charge < -0.3 is 0 Å². The zero-order valence-electron chi connectivity index (χ0n) is 15.3. The minimum atomic E-state index is 0.471. The molecule has 0 amide bonds. The van der Waals surface area contributed by atoms with Crippen LogP contribution in [0.5, 0.6) is 0 Å². The molecule has 2 unspecified atom stereocenters. The summed E-state index contributed by atoms with van der Waals surface area (Å²) < 4.78 is 0. The van der Waals surface area contributed by atoms with Crippen LogP contribution in [-0.2, 0) is 0 Å². The molecule has 19 heavy (non-hydrogen) atoms. The average molecular weight is 266 g/mol. The van der Waals surface area contributed by atoms with Crippen LogP contribution in [0.1, 0.15) is 93.9 Å². The maximum absolute atomic E-state index is 2.53. The van der Waals surface area contributed by atoms with Gasteiger partial charge in [0.05, 0.1) is 0 Å². The number of hydrogen-bond donors (Lipinski definition) is 0. The lowest BCUT2D eigenvalue weighted by Crippen LogP contribution is -2.24. The summed E-state index contributed by atoms with van der Waals surface area (Å²) in [5.41, 5.74) is 1.52. The third-order valence-electron chi connectivity index (χ3n) is 4.74. The van der Waals surface area contributed by atoms with Crippen LogP contribution >= 0.6 is 0 Å². The molecule has 114 valence electrons. The third-order valence-corrected chi connectivity index (χ3v) is 4.74. The van der Waals surface area contributed by atoms with E-state index in [2.05, 4.69) is 63.2 Å². The van der Waals surface area contributed by atoms with Crippen LogP contribution in [0.2, 0.25) is 5.82 Å². The maximum atomic E-state index is 2.53. The SMILES string of the molecule is BC(C)CC(C)(CCC(C)(C)C)CCC(C)(C)CC. The first-order valence-corrected chi connectivity index (χ1v) is 8.39. The zero-order chi connectivity index (χ0) is 15.3. The van der Waals surface area contributed by atoms with Crippen molar-refractivity contribution in [2.75, 3.05) is 0 Å². The lowest BCUT2D eigenvalue weighted by atomic mass is 9.66. The molecule has 0 N–H and O–H groups in total. The number of rotatable bonds is 8. The van der Waals surface area contributed by atoms with Crippen molar-refractivity contribution in [1.82, 2.24) is 0 Å². The number of hydrogen-bond acceptors (Lipinski definition) is 0. The van der Waals surface area contributed by atoms with Crippen LogP contribution in [0.25, 0.3) is 0 Å². The Morgan fingerprint density at radius 3 is 1.68 bits per heavy atom. The van der Waals surface area contributed by atoms with Gasteiger partial charge in [-0.2, -0.15) is 0 Å². The van der Waals surface area contributed by atoms with E-state index >= 15 is 0 Å². The molecule has 0 saturated heterocycles. The molecule has 0 spiro atoms. The summed E-state index contributed by atoms with van der Waals surface area (Å²) in [6, 6.07) is 0. The molecule has 0 aliphatic rings. The highest BCUT2D eigenvalue weighted by Crippen LogP contribution is 2.43. The second kappa shape index (κ2) is 7.18. The van der Waals surface area contributed by atoms with Crippen LogP contribution in [0.4, 0.5) is 0 Å². The smallest absolute Gasteiger partial charge is 0.0720 e. The second-order valence-corrected chi connectivity index (χ2v) is 9.49. The van der Waals surface area contributed by atoms with E-state index in [1.807, 2.05) is 0 Å². The van der Waals surface area contributed by atoms with E-state index in [4.69, 9.17) is 0 Å². The van der Waals surface area contributed by atoms with Crippen LogP contribution < -0.4 is 0 Å². The molecular formula is C18H39B. The predicted molar refractivity (Wildman–Crippen MR) is 92.7 cm³/mol. The van der Waals surface area contributed by atoms with Gasteiger partial charge >= 0.3 is 0 Å². The molecular weight excluding hydrogens is 227 g/mol. The van der Waals surface area contributed by atoms with Crippen LogP contribution in [-0.4, -0.2) is 7.85 Å². The molecule has 0 heterocycles. The summed E-state index contributed by atoms with van der Waals surface area (Å²) in [4.78, 5) is 0. The Labute approximate surface area is 124 Å². The first kappa shape index (κ1) is 19.1. The molecule has 0 nitrogen and oxygen atoms in total. The van der Waals surface area contributed by atoms with Crippen LogP contribution in [0.3, 0.4) is 0 Å². The molecule has 1 heteroatoms. The van der Waals surface area contributed by atoms with E-state index in [1.54, 1.807) is 0 Å². The topological polar surface area (TPSA) is 0 Å². The van der Waals surface area contributed by atoms with Crippen molar-refractivity contribution in [3.8, 4) is 0 Å². The highest BCUT2D eigenvalue weighted by atomic mass is 14.3. The van der Waals surface area contributed by atoms with Gasteiger partial charge in [-0.05, 0) is 41.9 Å². The quantitative estimate of drug-likeness (QED) is 0.482. The van der Waals surface area contributed by atoms with E-state index in [9.17, 15) is 0 Å². The third kappa shape index (κ3) is 9.58. The molecule has 0 fully saturated rings. The molecule has 2 atom stereocenters. The summed E-state index contributed by atoms with van der Waals surface area (Å²) in [5.74, 6) is 0.815. The molecule has 0 aliphatic heterocycles. The highest BCUT2D eigenvalue weighted by Gasteiger charge is 2.29. The molecule has 0 bridgehead atoms. The van der Waals surface area contributed by atoms with Crippen molar-refractivity contribution in [3.63, 3.8) is 0 Å². The van der Waals surface area contributed by atoms with E-state index in [0.29, 0.717) is 16.2 Å². The second-order valence-electron chi connectivity index (χ2n) is 9.49. The Bertz CT molecular complexity index is 247. The van der Waals surface area contributed by atoms with Crippen LogP contribution in [0.15, 0.2) is 0 Å². The van der Waals surface area contributed by atoms with Gasteiger partial charge in [0.15, 0.2) is 0 Å². The summed E-state index contributed by atoms with van der Waals surface area (Å²) in [6.07, 6.45) is 8.17. The average Bonchev–Trinajstić information content (AvgIpc) is 2.23. The summed E-state index contributed by atoms with van der Waals surface area (Å²) in [5, 5.41) is 0. The van der Waals surface area contributed by atoms with Gasteiger partial charge in [-0.1, -0.05) is 74.0 Å². The van der Waals surface area contributed by atoms with Gasteiger partial charge in [0, 0.05) is 0 Å². The van der Waals surface area contributed by atoms with Gasteiger partial charge in [-0.3, -0.25) is 0 Å². The molecule has 0 radical (unpaired) electrons. The summed E-state index contributed by atoms with van der Waals surface area (Å²) in [6.45, 7) is 19.2.